The number of fused-ring (bicyclic) bond motifs is 2. The molecule has 1 aromatic rings. The molecule has 1 aromatic carbocycles. The summed E-state index contributed by atoms with van der Waals surface area (Å²) in [6, 6.07) is 3.02. The molecule has 2 aliphatic heterocycles. The lowest BCUT2D eigenvalue weighted by Crippen LogP contribution is -2.67. The number of ether oxygens (including phenoxy) is 2. The Labute approximate surface area is 251 Å². The molecule has 2 saturated heterocycles. The second kappa shape index (κ2) is 12.7. The van der Waals surface area contributed by atoms with Gasteiger partial charge in [0.25, 0.3) is 5.91 Å². The lowest BCUT2D eigenvalue weighted by atomic mass is 9.80. The molecule has 0 radical (unpaired) electrons. The lowest BCUT2D eigenvalue weighted by Gasteiger charge is -2.46. The highest BCUT2D eigenvalue weighted by Gasteiger charge is 2.60. The second-order valence-electron chi connectivity index (χ2n) is 12.4. The zero-order valence-corrected chi connectivity index (χ0v) is 25.6. The maximum absolute atomic E-state index is 14.4. The lowest BCUT2D eigenvalue weighted by molar-refractivity contribution is -0.164. The van der Waals surface area contributed by atoms with Gasteiger partial charge in [0.15, 0.2) is 0 Å². The largest absolute Gasteiger partial charge is 0.434 e. The van der Waals surface area contributed by atoms with E-state index < -0.39 is 35.2 Å². The molecule has 2 bridgehead atoms. The Morgan fingerprint density at radius 3 is 2.60 bits per heavy atom. The van der Waals surface area contributed by atoms with Crippen molar-refractivity contribution in [3.05, 3.63) is 28.8 Å². The zero-order chi connectivity index (χ0) is 30.8. The summed E-state index contributed by atoms with van der Waals surface area (Å²) in [6.07, 6.45) is 2.73. The molecular formula is C30H41ClN4O7. The molecule has 0 aromatic heterocycles. The van der Waals surface area contributed by atoms with Crippen molar-refractivity contribution < 1.29 is 33.4 Å². The number of carbonyl (C=O) groups is 5. The number of halogens is 1. The van der Waals surface area contributed by atoms with Crippen LogP contribution in [0.4, 0.5) is 5.69 Å². The van der Waals surface area contributed by atoms with Crippen LogP contribution in [0.15, 0.2) is 18.2 Å². The van der Waals surface area contributed by atoms with E-state index in [0.717, 1.165) is 19.1 Å². The van der Waals surface area contributed by atoms with Crippen molar-refractivity contribution in [3.8, 4) is 0 Å². The van der Waals surface area contributed by atoms with Gasteiger partial charge < -0.3 is 35.1 Å². The molecule has 11 nitrogen and oxygen atoms in total. The number of esters is 1. The van der Waals surface area contributed by atoms with Crippen molar-refractivity contribution in [2.45, 2.75) is 96.7 Å². The number of nitrogens with one attached hydrogen (secondary N) is 3. The Morgan fingerprint density at radius 2 is 1.98 bits per heavy atom. The average molecular weight is 605 g/mol. The number of rotatable bonds is 11. The Morgan fingerprint density at radius 1 is 1.24 bits per heavy atom. The van der Waals surface area contributed by atoms with Gasteiger partial charge in [-0.1, -0.05) is 39.3 Å². The van der Waals surface area contributed by atoms with E-state index in [-0.39, 0.29) is 53.3 Å². The molecule has 0 spiro atoms. The number of amides is 3. The summed E-state index contributed by atoms with van der Waals surface area (Å²) in [5.74, 6) is -1.52. The van der Waals surface area contributed by atoms with Crippen LogP contribution in [0, 0.1) is 11.3 Å². The minimum absolute atomic E-state index is 0.0587. The summed E-state index contributed by atoms with van der Waals surface area (Å²) >= 11 is 6.42. The van der Waals surface area contributed by atoms with E-state index in [0.29, 0.717) is 25.1 Å². The molecule has 3 amide bonds. The van der Waals surface area contributed by atoms with Crippen LogP contribution in [0.3, 0.4) is 0 Å². The molecule has 1 aliphatic carbocycles. The quantitative estimate of drug-likeness (QED) is 0.258. The molecule has 1 saturated carbocycles. The van der Waals surface area contributed by atoms with Gasteiger partial charge in [0.1, 0.15) is 17.9 Å². The van der Waals surface area contributed by atoms with E-state index in [9.17, 15) is 24.0 Å². The number of benzene rings is 1. The summed E-state index contributed by atoms with van der Waals surface area (Å²) in [4.78, 5) is 66.1. The van der Waals surface area contributed by atoms with Crippen LogP contribution in [-0.4, -0.2) is 78.0 Å². The molecular weight excluding hydrogens is 564 g/mol. The van der Waals surface area contributed by atoms with Crippen LogP contribution in [0.25, 0.3) is 0 Å². The van der Waals surface area contributed by atoms with Gasteiger partial charge in [0.05, 0.1) is 23.0 Å². The molecule has 3 aliphatic rings. The van der Waals surface area contributed by atoms with Crippen molar-refractivity contribution in [2.75, 3.05) is 18.5 Å². The van der Waals surface area contributed by atoms with Gasteiger partial charge in [0.2, 0.25) is 18.1 Å². The number of likely N-dealkylation sites (tertiary alicyclic amines) is 1. The fourth-order valence-corrected chi connectivity index (χ4v) is 6.59. The summed E-state index contributed by atoms with van der Waals surface area (Å²) in [5.41, 5.74) is -1.23. The highest BCUT2D eigenvalue weighted by atomic mass is 35.5. The van der Waals surface area contributed by atoms with Gasteiger partial charge in [-0.05, 0) is 55.7 Å². The van der Waals surface area contributed by atoms with Crippen LogP contribution in [0.5, 0.6) is 0 Å². The van der Waals surface area contributed by atoms with Crippen molar-refractivity contribution in [3.63, 3.8) is 0 Å². The first kappa shape index (κ1) is 31.9. The smallest absolute Gasteiger partial charge is 0.309 e. The van der Waals surface area contributed by atoms with Crippen LogP contribution >= 0.6 is 11.6 Å². The molecule has 230 valence electrons. The fraction of sp³-hybridized carbons (Fsp3) is 0.633. The molecule has 42 heavy (non-hydrogen) atoms. The van der Waals surface area contributed by atoms with Crippen LogP contribution in [0.1, 0.15) is 77.1 Å². The molecule has 12 heteroatoms. The minimum Gasteiger partial charge on any atom is -0.434 e. The predicted molar refractivity (Wildman–Crippen MR) is 156 cm³/mol. The normalized spacial score (nSPS) is 27.5. The van der Waals surface area contributed by atoms with Crippen molar-refractivity contribution in [1.82, 2.24) is 15.5 Å². The third-order valence-corrected chi connectivity index (χ3v) is 8.83. The first-order chi connectivity index (χ1) is 19.8. The molecule has 2 heterocycles. The van der Waals surface area contributed by atoms with Gasteiger partial charge >= 0.3 is 5.97 Å². The van der Waals surface area contributed by atoms with E-state index in [1.807, 2.05) is 20.8 Å². The van der Waals surface area contributed by atoms with E-state index in [4.69, 9.17) is 21.1 Å². The average Bonchev–Trinajstić information content (AvgIpc) is 3.63. The molecule has 3 fully saturated rings. The van der Waals surface area contributed by atoms with E-state index in [1.54, 1.807) is 24.8 Å². The highest BCUT2D eigenvalue weighted by molar-refractivity contribution is 6.34. The number of nitrogens with zero attached hydrogens (tertiary/aromatic N) is 1. The standard InChI is InChI=1S/C30H41ClN4O7/c1-6-23(37)33-18-9-11-20(21(31)13-18)26(39)34-25(29(3,4)5)27(40)35-19-10-8-17(12-19)30(35,16-36)15-32-22-14-24(38)42-28(22)41-7-2/h9,11,13,16-17,19,22,25,28,32H,6-8,10,12,14-15H2,1-5H3,(H,33,37)(H,34,39). The van der Waals surface area contributed by atoms with Crippen molar-refractivity contribution >= 4 is 47.3 Å². The maximum atomic E-state index is 14.4. The van der Waals surface area contributed by atoms with Gasteiger partial charge in [-0.15, -0.1) is 0 Å². The highest BCUT2D eigenvalue weighted by Crippen LogP contribution is 2.49. The van der Waals surface area contributed by atoms with Crippen molar-refractivity contribution in [1.29, 1.82) is 0 Å². The first-order valence-electron chi connectivity index (χ1n) is 14.6. The summed E-state index contributed by atoms with van der Waals surface area (Å²) in [7, 11) is 0. The topological polar surface area (TPSA) is 143 Å². The first-order valence-corrected chi connectivity index (χ1v) is 15.0. The van der Waals surface area contributed by atoms with Gasteiger partial charge in [-0.3, -0.25) is 19.2 Å². The van der Waals surface area contributed by atoms with Crippen LogP contribution in [-0.2, 0) is 28.7 Å². The number of anilines is 1. The van der Waals surface area contributed by atoms with Gasteiger partial charge in [0, 0.05) is 31.3 Å². The molecule has 6 unspecified atom stereocenters. The van der Waals surface area contributed by atoms with Crippen molar-refractivity contribution in [2.24, 2.45) is 11.3 Å². The molecule has 4 rings (SSSR count). The van der Waals surface area contributed by atoms with E-state index >= 15 is 0 Å². The number of aldehydes is 1. The van der Waals surface area contributed by atoms with Crippen LogP contribution < -0.4 is 16.0 Å². The molecule has 6 atom stereocenters. The third-order valence-electron chi connectivity index (χ3n) is 8.52. The zero-order valence-electron chi connectivity index (χ0n) is 24.8. The summed E-state index contributed by atoms with van der Waals surface area (Å²) < 4.78 is 10.8. The number of carbonyl (C=O) groups excluding carboxylic acids is 5. The molecule has 3 N–H and O–H groups in total. The van der Waals surface area contributed by atoms with Gasteiger partial charge in [-0.2, -0.15) is 0 Å². The van der Waals surface area contributed by atoms with E-state index in [2.05, 4.69) is 16.0 Å². The minimum atomic E-state index is -1.15. The summed E-state index contributed by atoms with van der Waals surface area (Å²) in [6.45, 7) is 9.58. The fourth-order valence-electron chi connectivity index (χ4n) is 6.33. The van der Waals surface area contributed by atoms with E-state index in [1.165, 1.54) is 12.1 Å². The van der Waals surface area contributed by atoms with Gasteiger partial charge in [-0.25, -0.2) is 0 Å². The maximum Gasteiger partial charge on any atom is 0.309 e. The Balaban J connectivity index is 1.57. The Kier molecular flexibility index (Phi) is 9.64. The number of hydrogen-bond acceptors (Lipinski definition) is 8. The number of cyclic esters (lactones) is 1. The Bertz CT molecular complexity index is 1230. The third kappa shape index (κ3) is 6.33. The Hall–Kier alpha value is -3.02. The summed E-state index contributed by atoms with van der Waals surface area (Å²) in [5, 5.41) is 9.02. The number of piperidine rings is 1. The monoisotopic (exact) mass is 604 g/mol. The number of hydrogen-bond donors (Lipinski definition) is 3. The second-order valence-corrected chi connectivity index (χ2v) is 12.8. The predicted octanol–water partition coefficient (Wildman–Crippen LogP) is 3.05. The van der Waals surface area contributed by atoms with Crippen LogP contribution in [0.2, 0.25) is 5.02 Å². The SMILES string of the molecule is CCOC1OC(=O)CC1NCC1(C=O)C2CCC(C2)N1C(=O)C(NC(=O)c1ccc(NC(=O)CC)cc1Cl)C(C)(C)C.